The molecule has 10 heteroatoms. The number of aromatic nitrogens is 2. The topological polar surface area (TPSA) is 70.5 Å². The molecule has 0 saturated carbocycles. The molecule has 0 unspecified atom stereocenters. The smallest absolute Gasteiger partial charge is 0.310 e. The van der Waals surface area contributed by atoms with Crippen LogP contribution in [0.2, 0.25) is 0 Å². The van der Waals surface area contributed by atoms with Crippen LogP contribution in [-0.4, -0.2) is 9.13 Å². The van der Waals surface area contributed by atoms with Gasteiger partial charge in [-0.1, -0.05) is 109 Å². The predicted octanol–water partition coefficient (Wildman–Crippen LogP) is 18.6. The van der Waals surface area contributed by atoms with E-state index in [4.69, 9.17) is 19.7 Å². The number of alkyl halides is 3. The lowest BCUT2D eigenvalue weighted by atomic mass is 9.97. The summed E-state index contributed by atoms with van der Waals surface area (Å²) in [7, 11) is 0. The second kappa shape index (κ2) is 18.3. The van der Waals surface area contributed by atoms with Crippen molar-refractivity contribution in [3.8, 4) is 79.1 Å². The van der Waals surface area contributed by atoms with E-state index in [9.17, 15) is 10.5 Å². The normalized spacial score (nSPS) is 11.3. The summed E-state index contributed by atoms with van der Waals surface area (Å²) in [6.45, 7) is 23.2. The van der Waals surface area contributed by atoms with E-state index in [1.54, 1.807) is 66.7 Å². The van der Waals surface area contributed by atoms with Crippen LogP contribution in [0.25, 0.3) is 125 Å². The van der Waals surface area contributed by atoms with E-state index in [2.05, 4.69) is 50.9 Å². The van der Waals surface area contributed by atoms with Gasteiger partial charge in [-0.15, -0.1) is 0 Å². The number of hydrogen-bond donors (Lipinski definition) is 0. The maximum atomic E-state index is 15.2. The van der Waals surface area contributed by atoms with Crippen LogP contribution in [0, 0.1) is 42.4 Å². The minimum Gasteiger partial charge on any atom is -0.310 e. The van der Waals surface area contributed by atoms with Gasteiger partial charge in [-0.05, 0) is 142 Å². The minimum absolute atomic E-state index is 0.274. The molecule has 12 rings (SSSR count). The van der Waals surface area contributed by atoms with Crippen LogP contribution in [0.3, 0.4) is 0 Å². The molecule has 76 heavy (non-hydrogen) atoms. The highest BCUT2D eigenvalue weighted by Gasteiger charge is 2.32. The van der Waals surface area contributed by atoms with Crippen LogP contribution in [0.5, 0.6) is 0 Å². The number of nitriles is 2. The van der Waals surface area contributed by atoms with Crippen LogP contribution in [0.15, 0.2) is 206 Å². The molecule has 0 bridgehead atoms. The van der Waals surface area contributed by atoms with E-state index in [1.165, 1.54) is 12.1 Å². The van der Waals surface area contributed by atoms with Crippen molar-refractivity contribution in [2.24, 2.45) is 0 Å². The van der Waals surface area contributed by atoms with Crippen LogP contribution in [0.4, 0.5) is 30.2 Å². The van der Waals surface area contributed by atoms with Gasteiger partial charge in [-0.3, -0.25) is 0 Å². The van der Waals surface area contributed by atoms with Crippen molar-refractivity contribution in [2.75, 3.05) is 0 Å². The van der Waals surface area contributed by atoms with E-state index >= 15 is 13.2 Å². The number of rotatable bonds is 7. The highest BCUT2D eigenvalue weighted by Crippen LogP contribution is 2.46. The first-order chi connectivity index (χ1) is 37.0. The third-order valence-electron chi connectivity index (χ3n) is 14.1. The number of hydrogen-bond acceptors (Lipinski definition) is 2. The van der Waals surface area contributed by atoms with Gasteiger partial charge < -0.3 is 9.13 Å². The first-order valence-corrected chi connectivity index (χ1v) is 23.9. The van der Waals surface area contributed by atoms with Crippen LogP contribution in [-0.2, 0) is 6.18 Å². The van der Waals surface area contributed by atoms with Crippen molar-refractivity contribution in [1.29, 1.82) is 10.5 Å². The molecule has 0 atom stereocenters. The minimum atomic E-state index is -4.71. The summed E-state index contributed by atoms with van der Waals surface area (Å²) in [6, 6.07) is 66.8. The Kier molecular flexibility index (Phi) is 11.1. The van der Waals surface area contributed by atoms with Crippen molar-refractivity contribution in [3.05, 3.63) is 257 Å². The Bertz CT molecular complexity index is 4360. The monoisotopic (exact) mass is 981 g/mol. The van der Waals surface area contributed by atoms with Crippen molar-refractivity contribution in [1.82, 2.24) is 9.13 Å². The second-order valence-corrected chi connectivity index (χ2v) is 18.3. The second-order valence-electron chi connectivity index (χ2n) is 18.3. The Morgan fingerprint density at radius 2 is 0.684 bits per heavy atom. The van der Waals surface area contributed by atoms with Crippen molar-refractivity contribution in [3.63, 3.8) is 0 Å². The molecule has 7 nitrogen and oxygen atoms in total. The molecule has 0 aliphatic heterocycles. The van der Waals surface area contributed by atoms with E-state index < -0.39 is 11.7 Å². The summed E-state index contributed by atoms with van der Waals surface area (Å²) in [5.41, 5.74) is 13.2. The van der Waals surface area contributed by atoms with Gasteiger partial charge in [0.05, 0.1) is 76.3 Å². The molecule has 0 fully saturated rings. The SMILES string of the molecule is [C-]#[N+]c1ccc(-c2ccc3c(c2)c2cc(-c4ccc(C#N)cc4)ccc2n3-c2ccc(C(F)(F)F)cc2-c2ccc([N+]#[C-])cc2-n2c3ccc(-c4ccc(C#N)cc4)cc3c3cc(-c4ccc([N+]#[C-])cc4)ccc32)cc1. The molecular weight excluding hydrogens is 948 g/mol. The molecule has 0 N–H and O–H groups in total. The average Bonchev–Trinajstić information content (AvgIpc) is 4.18. The Hall–Kier alpha value is -11.0. The summed E-state index contributed by atoms with van der Waals surface area (Å²) in [4.78, 5) is 11.0. The molecule has 0 spiro atoms. The lowest BCUT2D eigenvalue weighted by molar-refractivity contribution is -0.137. The summed E-state index contributed by atoms with van der Waals surface area (Å²) < 4.78 is 49.6. The Morgan fingerprint density at radius 3 is 1.04 bits per heavy atom. The first-order valence-electron chi connectivity index (χ1n) is 23.9. The quantitative estimate of drug-likeness (QED) is 0.149. The number of fused-ring (bicyclic) bond motifs is 6. The number of benzene rings is 10. The van der Waals surface area contributed by atoms with Gasteiger partial charge in [-0.25, -0.2) is 14.5 Å². The fourth-order valence-electron chi connectivity index (χ4n) is 10.3. The maximum absolute atomic E-state index is 15.2. The third-order valence-corrected chi connectivity index (χ3v) is 14.1. The van der Waals surface area contributed by atoms with Gasteiger partial charge >= 0.3 is 6.18 Å². The molecule has 0 radical (unpaired) electrons. The summed E-state index contributed by atoms with van der Waals surface area (Å²) in [6.07, 6.45) is -4.71. The molecule has 0 saturated heterocycles. The molecule has 10 aromatic carbocycles. The molecule has 0 aliphatic rings. The lowest BCUT2D eigenvalue weighted by Crippen LogP contribution is -2.08. The van der Waals surface area contributed by atoms with Gasteiger partial charge in [0.1, 0.15) is 0 Å². The van der Waals surface area contributed by atoms with E-state index in [1.807, 2.05) is 106 Å². The van der Waals surface area contributed by atoms with E-state index in [0.717, 1.165) is 94.2 Å². The average molecular weight is 982 g/mol. The summed E-state index contributed by atoms with van der Waals surface area (Å²) in [5.74, 6) is 0. The lowest BCUT2D eigenvalue weighted by Gasteiger charge is -2.21. The van der Waals surface area contributed by atoms with Crippen molar-refractivity contribution < 1.29 is 13.2 Å². The molecule has 12 aromatic rings. The summed E-state index contributed by atoms with van der Waals surface area (Å²) >= 11 is 0. The molecule has 354 valence electrons. The van der Waals surface area contributed by atoms with Gasteiger partial charge in [0, 0.05) is 38.4 Å². The third kappa shape index (κ3) is 7.92. The maximum Gasteiger partial charge on any atom is 0.416 e. The van der Waals surface area contributed by atoms with E-state index in [-0.39, 0.29) is 11.3 Å². The fraction of sp³-hybridized carbons (Fsp3) is 0.0152. The number of nitrogens with zero attached hydrogens (tertiary/aromatic N) is 7. The molecule has 0 aliphatic carbocycles. The zero-order valence-corrected chi connectivity index (χ0v) is 39.9. The zero-order valence-electron chi connectivity index (χ0n) is 39.9. The first kappa shape index (κ1) is 46.1. The number of halogens is 3. The standard InChI is InChI=1S/C66H34F3N7/c1-72-51-21-12-44(13-22-51)48-17-28-61-56(34-48)55-32-46(42-8-4-40(38-70)5-9-42)16-27-60(55)75(61)64-31-20-50(66(67,68)69)36-59(64)54-26-25-53(74-3)37-65(54)76-62-29-18-47(43-10-6-41(39-71)7-11-43)33-57(62)58-35-49(19-30-63(58)76)45-14-23-52(73-2)24-15-45/h4-37H. The largest absolute Gasteiger partial charge is 0.416 e. The zero-order chi connectivity index (χ0) is 52.2. The van der Waals surface area contributed by atoms with Gasteiger partial charge in [0.15, 0.2) is 17.1 Å². The molecule has 2 heterocycles. The van der Waals surface area contributed by atoms with Gasteiger partial charge in [0.25, 0.3) is 0 Å². The summed E-state index contributed by atoms with van der Waals surface area (Å²) in [5, 5.41) is 22.5. The van der Waals surface area contributed by atoms with E-state index in [0.29, 0.717) is 39.4 Å². The van der Waals surface area contributed by atoms with Crippen molar-refractivity contribution in [2.45, 2.75) is 6.18 Å². The molecular formula is C66H34F3N7. The van der Waals surface area contributed by atoms with Crippen LogP contribution >= 0.6 is 0 Å². The highest BCUT2D eigenvalue weighted by molar-refractivity contribution is 6.14. The van der Waals surface area contributed by atoms with Gasteiger partial charge in [-0.2, -0.15) is 23.7 Å². The Balaban J connectivity index is 1.13. The van der Waals surface area contributed by atoms with Gasteiger partial charge in [0.2, 0.25) is 0 Å². The van der Waals surface area contributed by atoms with Crippen LogP contribution < -0.4 is 0 Å². The predicted molar refractivity (Wildman–Crippen MR) is 296 cm³/mol. The fourth-order valence-corrected chi connectivity index (χ4v) is 10.3. The van der Waals surface area contributed by atoms with Crippen LogP contribution in [0.1, 0.15) is 16.7 Å². The van der Waals surface area contributed by atoms with Crippen molar-refractivity contribution >= 4 is 60.7 Å². The highest BCUT2D eigenvalue weighted by atomic mass is 19.4. The molecule has 0 amide bonds. The Morgan fingerprint density at radius 1 is 0.342 bits per heavy atom. The Labute approximate surface area is 434 Å². The molecule has 2 aromatic heterocycles.